The normalized spacial score (nSPS) is 11.5. The molecule has 0 aliphatic rings. The highest BCUT2D eigenvalue weighted by Gasteiger charge is 2.29. The van der Waals surface area contributed by atoms with Gasteiger partial charge in [-0.2, -0.15) is 13.2 Å². The minimum absolute atomic E-state index is 0.142. The third kappa shape index (κ3) is 4.00. The molecule has 2 nitrogen and oxygen atoms in total. The number of aromatic hydroxyl groups is 1. The van der Waals surface area contributed by atoms with Crippen molar-refractivity contribution in [3.05, 3.63) is 23.8 Å². The van der Waals surface area contributed by atoms with Crippen LogP contribution < -0.4 is 4.74 Å². The number of hydrogen-bond acceptors (Lipinski definition) is 2. The van der Waals surface area contributed by atoms with E-state index in [0.717, 1.165) is 6.42 Å². The van der Waals surface area contributed by atoms with Crippen molar-refractivity contribution >= 4 is 0 Å². The lowest BCUT2D eigenvalue weighted by Crippen LogP contribution is -2.11. The summed E-state index contributed by atoms with van der Waals surface area (Å²) in [7, 11) is 0. The second-order valence-corrected chi connectivity index (χ2v) is 3.43. The number of phenolic OH excluding ortho intramolecular Hbond substituents is 1. The van der Waals surface area contributed by atoms with Gasteiger partial charge in [0.05, 0.1) is 13.0 Å². The van der Waals surface area contributed by atoms with Gasteiger partial charge in [-0.05, 0) is 12.5 Å². The Morgan fingerprint density at radius 3 is 2.50 bits per heavy atom. The first-order valence-electron chi connectivity index (χ1n) is 4.94. The van der Waals surface area contributed by atoms with Gasteiger partial charge in [0.1, 0.15) is 11.5 Å². The molecule has 1 rings (SSSR count). The Hall–Kier alpha value is -1.39. The van der Waals surface area contributed by atoms with E-state index >= 15 is 0 Å². The summed E-state index contributed by atoms with van der Waals surface area (Å²) in [6.07, 6.45) is -4.65. The van der Waals surface area contributed by atoms with E-state index in [0.29, 0.717) is 12.4 Å². The molecule has 0 aliphatic carbocycles. The zero-order valence-corrected chi connectivity index (χ0v) is 8.84. The topological polar surface area (TPSA) is 29.5 Å². The van der Waals surface area contributed by atoms with Crippen LogP contribution in [0.25, 0.3) is 0 Å². The van der Waals surface area contributed by atoms with E-state index in [1.165, 1.54) is 18.2 Å². The van der Waals surface area contributed by atoms with Crippen molar-refractivity contribution in [1.82, 2.24) is 0 Å². The molecule has 0 heterocycles. The van der Waals surface area contributed by atoms with E-state index in [-0.39, 0.29) is 11.3 Å². The van der Waals surface area contributed by atoms with Gasteiger partial charge in [0, 0.05) is 11.6 Å². The summed E-state index contributed by atoms with van der Waals surface area (Å²) < 4.78 is 41.4. The third-order valence-electron chi connectivity index (χ3n) is 1.92. The Balaban J connectivity index is 2.75. The van der Waals surface area contributed by atoms with Crippen molar-refractivity contribution in [3.63, 3.8) is 0 Å². The number of rotatable bonds is 4. The van der Waals surface area contributed by atoms with Crippen molar-refractivity contribution in [1.29, 1.82) is 0 Å². The summed E-state index contributed by atoms with van der Waals surface area (Å²) in [6.45, 7) is 2.38. The van der Waals surface area contributed by atoms with Gasteiger partial charge in [0.15, 0.2) is 0 Å². The van der Waals surface area contributed by atoms with Crippen molar-refractivity contribution in [2.24, 2.45) is 0 Å². The van der Waals surface area contributed by atoms with Crippen LogP contribution in [0.3, 0.4) is 0 Å². The summed E-state index contributed by atoms with van der Waals surface area (Å²) in [5.41, 5.74) is -0.142. The molecule has 1 aromatic carbocycles. The summed E-state index contributed by atoms with van der Waals surface area (Å²) in [5.74, 6) is -0.00352. The van der Waals surface area contributed by atoms with Crippen LogP contribution in [0, 0.1) is 0 Å². The third-order valence-corrected chi connectivity index (χ3v) is 1.92. The lowest BCUT2D eigenvalue weighted by atomic mass is 10.1. The number of halogens is 3. The van der Waals surface area contributed by atoms with Crippen LogP contribution in [-0.2, 0) is 6.42 Å². The minimum Gasteiger partial charge on any atom is -0.508 e. The highest BCUT2D eigenvalue weighted by Crippen LogP contribution is 2.29. The molecule has 0 unspecified atom stereocenters. The number of ether oxygens (including phenoxy) is 1. The Bertz CT molecular complexity index is 348. The molecule has 0 amide bonds. The fraction of sp³-hybridized carbons (Fsp3) is 0.455. The standard InChI is InChI=1S/C11H13F3O2/c1-2-5-16-9-4-3-8(10(15)6-9)7-11(12,13)14/h3-4,6,15H,2,5,7H2,1H3. The number of benzene rings is 1. The lowest BCUT2D eigenvalue weighted by Gasteiger charge is -2.10. The van der Waals surface area contributed by atoms with Gasteiger partial charge in [-0.1, -0.05) is 13.0 Å². The fourth-order valence-electron chi connectivity index (χ4n) is 1.22. The van der Waals surface area contributed by atoms with E-state index in [1.807, 2.05) is 6.92 Å². The van der Waals surface area contributed by atoms with Gasteiger partial charge in [-0.25, -0.2) is 0 Å². The maximum absolute atomic E-state index is 12.1. The predicted molar refractivity (Wildman–Crippen MR) is 53.7 cm³/mol. The van der Waals surface area contributed by atoms with Gasteiger partial charge >= 0.3 is 6.18 Å². The SMILES string of the molecule is CCCOc1ccc(CC(F)(F)F)c(O)c1. The van der Waals surface area contributed by atoms with Crippen LogP contribution in [0.1, 0.15) is 18.9 Å². The lowest BCUT2D eigenvalue weighted by molar-refractivity contribution is -0.127. The first-order chi connectivity index (χ1) is 7.42. The largest absolute Gasteiger partial charge is 0.508 e. The molecule has 16 heavy (non-hydrogen) atoms. The smallest absolute Gasteiger partial charge is 0.393 e. The monoisotopic (exact) mass is 234 g/mol. The molecular formula is C11H13F3O2. The van der Waals surface area contributed by atoms with Crippen LogP contribution in [0.15, 0.2) is 18.2 Å². The Labute approximate surface area is 91.7 Å². The van der Waals surface area contributed by atoms with Gasteiger partial charge in [0.25, 0.3) is 0 Å². The molecule has 0 fully saturated rings. The maximum Gasteiger partial charge on any atom is 0.393 e. The molecule has 1 aromatic rings. The second kappa shape index (κ2) is 5.09. The van der Waals surface area contributed by atoms with Crippen LogP contribution >= 0.6 is 0 Å². The van der Waals surface area contributed by atoms with Gasteiger partial charge in [-0.3, -0.25) is 0 Å². The van der Waals surface area contributed by atoms with Crippen LogP contribution in [-0.4, -0.2) is 17.9 Å². The predicted octanol–water partition coefficient (Wildman–Crippen LogP) is 3.29. The van der Waals surface area contributed by atoms with Crippen molar-refractivity contribution in [2.45, 2.75) is 25.9 Å². The molecule has 1 N–H and O–H groups in total. The van der Waals surface area contributed by atoms with Crippen LogP contribution in [0.4, 0.5) is 13.2 Å². The van der Waals surface area contributed by atoms with Gasteiger partial charge in [0.2, 0.25) is 0 Å². The van der Waals surface area contributed by atoms with Crippen molar-refractivity contribution in [2.75, 3.05) is 6.61 Å². The van der Waals surface area contributed by atoms with Gasteiger partial charge in [-0.15, -0.1) is 0 Å². The number of alkyl halides is 3. The number of phenols is 1. The zero-order chi connectivity index (χ0) is 12.2. The average Bonchev–Trinajstić information content (AvgIpc) is 2.17. The fourth-order valence-corrected chi connectivity index (χ4v) is 1.22. The molecule has 0 saturated heterocycles. The molecule has 0 atom stereocenters. The molecule has 0 spiro atoms. The summed E-state index contributed by atoms with van der Waals surface area (Å²) >= 11 is 0. The highest BCUT2D eigenvalue weighted by molar-refractivity contribution is 5.40. The quantitative estimate of drug-likeness (QED) is 0.866. The second-order valence-electron chi connectivity index (χ2n) is 3.43. The van der Waals surface area contributed by atoms with E-state index in [4.69, 9.17) is 4.74 Å². The molecule has 0 saturated carbocycles. The summed E-state index contributed by atoms with van der Waals surface area (Å²) in [6, 6.07) is 3.86. The van der Waals surface area contributed by atoms with Crippen LogP contribution in [0.2, 0.25) is 0 Å². The van der Waals surface area contributed by atoms with E-state index in [1.54, 1.807) is 0 Å². The first-order valence-corrected chi connectivity index (χ1v) is 4.94. The van der Waals surface area contributed by atoms with E-state index < -0.39 is 12.6 Å². The van der Waals surface area contributed by atoms with Crippen molar-refractivity contribution < 1.29 is 23.0 Å². The molecule has 90 valence electrons. The Morgan fingerprint density at radius 2 is 2.00 bits per heavy atom. The minimum atomic E-state index is -4.32. The van der Waals surface area contributed by atoms with E-state index in [2.05, 4.69) is 0 Å². The van der Waals surface area contributed by atoms with Crippen molar-refractivity contribution in [3.8, 4) is 11.5 Å². The van der Waals surface area contributed by atoms with Gasteiger partial charge < -0.3 is 9.84 Å². The molecule has 0 bridgehead atoms. The molecule has 0 aliphatic heterocycles. The molecule has 5 heteroatoms. The van der Waals surface area contributed by atoms with E-state index in [9.17, 15) is 18.3 Å². The highest BCUT2D eigenvalue weighted by atomic mass is 19.4. The average molecular weight is 234 g/mol. The first kappa shape index (κ1) is 12.7. The molecule has 0 radical (unpaired) electrons. The van der Waals surface area contributed by atoms with Crippen LogP contribution in [0.5, 0.6) is 11.5 Å². The molecule has 0 aromatic heterocycles. The summed E-state index contributed by atoms with van der Waals surface area (Å²) in [4.78, 5) is 0. The number of hydrogen-bond donors (Lipinski definition) is 1. The summed E-state index contributed by atoms with van der Waals surface area (Å²) in [5, 5.41) is 9.37. The maximum atomic E-state index is 12.1. The molecular weight excluding hydrogens is 221 g/mol. The Morgan fingerprint density at radius 1 is 1.31 bits per heavy atom. The Kier molecular flexibility index (Phi) is 4.04. The zero-order valence-electron chi connectivity index (χ0n) is 8.84.